The van der Waals surface area contributed by atoms with Gasteiger partial charge >= 0.3 is 8.80 Å². The predicted molar refractivity (Wildman–Crippen MR) is 81.1 cm³/mol. The quantitative estimate of drug-likeness (QED) is 0.648. The van der Waals surface area contributed by atoms with Crippen molar-refractivity contribution in [2.24, 2.45) is 0 Å². The van der Waals surface area contributed by atoms with Crippen LogP contribution in [0.15, 0.2) is 30.8 Å². The summed E-state index contributed by atoms with van der Waals surface area (Å²) in [5.41, 5.74) is 2.37. The van der Waals surface area contributed by atoms with Crippen molar-refractivity contribution in [2.45, 2.75) is 25.8 Å². The standard InChI is InChI=1S/C15H24O3Si/c1-5-12-19(16-3,17-4)18-11-10-15-9-7-8-14(6-2)13-15/h6-9,13H,2,5,10-12H2,1,3-4H3. The summed E-state index contributed by atoms with van der Waals surface area (Å²) in [5.74, 6) is 0. The van der Waals surface area contributed by atoms with Crippen molar-refractivity contribution in [3.63, 3.8) is 0 Å². The van der Waals surface area contributed by atoms with Crippen molar-refractivity contribution in [3.8, 4) is 0 Å². The Balaban J connectivity index is 2.53. The summed E-state index contributed by atoms with van der Waals surface area (Å²) in [7, 11) is 0.901. The first kappa shape index (κ1) is 16.1. The molecule has 4 heteroatoms. The topological polar surface area (TPSA) is 27.7 Å². The zero-order valence-electron chi connectivity index (χ0n) is 12.1. The predicted octanol–water partition coefficient (Wildman–Crippen LogP) is 3.53. The van der Waals surface area contributed by atoms with Crippen molar-refractivity contribution in [3.05, 3.63) is 42.0 Å². The van der Waals surface area contributed by atoms with Crippen LogP contribution in [0.2, 0.25) is 6.04 Å². The molecule has 0 saturated heterocycles. The first-order valence-electron chi connectivity index (χ1n) is 6.65. The molecule has 3 nitrogen and oxygen atoms in total. The molecule has 1 aromatic carbocycles. The van der Waals surface area contributed by atoms with Crippen molar-refractivity contribution >= 4 is 14.9 Å². The largest absolute Gasteiger partial charge is 0.500 e. The van der Waals surface area contributed by atoms with Crippen LogP contribution in [-0.4, -0.2) is 29.6 Å². The van der Waals surface area contributed by atoms with E-state index in [1.54, 1.807) is 14.2 Å². The van der Waals surface area contributed by atoms with Crippen LogP contribution in [-0.2, 0) is 19.7 Å². The third kappa shape index (κ3) is 4.91. The Bertz CT molecular complexity index is 389. The van der Waals surface area contributed by atoms with Gasteiger partial charge in [0.2, 0.25) is 0 Å². The van der Waals surface area contributed by atoms with Gasteiger partial charge in [0.25, 0.3) is 0 Å². The molecule has 0 amide bonds. The summed E-state index contributed by atoms with van der Waals surface area (Å²) >= 11 is 0. The molecule has 0 heterocycles. The second kappa shape index (κ2) is 8.27. The third-order valence-corrected chi connectivity index (χ3v) is 6.08. The van der Waals surface area contributed by atoms with Crippen LogP contribution in [0.1, 0.15) is 24.5 Å². The molecule has 0 saturated carbocycles. The molecule has 19 heavy (non-hydrogen) atoms. The molecule has 0 unspecified atom stereocenters. The highest BCUT2D eigenvalue weighted by molar-refractivity contribution is 6.60. The Morgan fingerprint density at radius 2 is 2.00 bits per heavy atom. The summed E-state index contributed by atoms with van der Waals surface area (Å²) < 4.78 is 16.9. The van der Waals surface area contributed by atoms with Crippen molar-refractivity contribution < 1.29 is 13.3 Å². The average Bonchev–Trinajstić information content (AvgIpc) is 2.46. The Kier molecular flexibility index (Phi) is 7.01. The highest BCUT2D eigenvalue weighted by Crippen LogP contribution is 2.16. The average molecular weight is 280 g/mol. The molecule has 0 atom stereocenters. The van der Waals surface area contributed by atoms with Crippen LogP contribution in [0, 0.1) is 0 Å². The van der Waals surface area contributed by atoms with E-state index in [2.05, 4.69) is 25.6 Å². The zero-order valence-corrected chi connectivity index (χ0v) is 13.1. The van der Waals surface area contributed by atoms with Gasteiger partial charge in [0, 0.05) is 26.9 Å². The van der Waals surface area contributed by atoms with Crippen molar-refractivity contribution in [1.29, 1.82) is 0 Å². The molecule has 0 spiro atoms. The second-order valence-corrected chi connectivity index (χ2v) is 7.36. The van der Waals surface area contributed by atoms with Crippen LogP contribution in [0.4, 0.5) is 0 Å². The monoisotopic (exact) mass is 280 g/mol. The summed E-state index contributed by atoms with van der Waals surface area (Å²) in [6.45, 7) is 6.51. The van der Waals surface area contributed by atoms with Crippen molar-refractivity contribution in [1.82, 2.24) is 0 Å². The van der Waals surface area contributed by atoms with Gasteiger partial charge < -0.3 is 13.3 Å². The molecule has 106 valence electrons. The fraction of sp³-hybridized carbons (Fsp3) is 0.467. The number of hydrogen-bond acceptors (Lipinski definition) is 3. The minimum Gasteiger partial charge on any atom is -0.377 e. The Hall–Kier alpha value is -0.943. The molecular formula is C15H24O3Si. The van der Waals surface area contributed by atoms with E-state index in [0.29, 0.717) is 6.61 Å². The molecule has 0 aliphatic carbocycles. The maximum atomic E-state index is 5.91. The van der Waals surface area contributed by atoms with Crippen LogP contribution in [0.25, 0.3) is 6.08 Å². The van der Waals surface area contributed by atoms with Gasteiger partial charge in [-0.1, -0.05) is 50.3 Å². The second-order valence-electron chi connectivity index (χ2n) is 4.39. The van der Waals surface area contributed by atoms with E-state index in [1.165, 1.54) is 5.56 Å². The van der Waals surface area contributed by atoms with E-state index in [-0.39, 0.29) is 0 Å². The van der Waals surface area contributed by atoms with Crippen molar-refractivity contribution in [2.75, 3.05) is 20.8 Å². The van der Waals surface area contributed by atoms with Gasteiger partial charge in [0.05, 0.1) is 0 Å². The fourth-order valence-electron chi connectivity index (χ4n) is 1.98. The molecule has 0 aromatic heterocycles. The van der Waals surface area contributed by atoms with Gasteiger partial charge in [-0.25, -0.2) is 0 Å². The highest BCUT2D eigenvalue weighted by Gasteiger charge is 2.37. The Morgan fingerprint density at radius 3 is 2.58 bits per heavy atom. The van der Waals surface area contributed by atoms with Crippen LogP contribution >= 0.6 is 0 Å². The first-order chi connectivity index (χ1) is 9.19. The lowest BCUT2D eigenvalue weighted by molar-refractivity contribution is 0.0992. The summed E-state index contributed by atoms with van der Waals surface area (Å²) in [6, 6.07) is 9.15. The lowest BCUT2D eigenvalue weighted by Crippen LogP contribution is -2.44. The minimum atomic E-state index is -2.44. The number of hydrogen-bond donors (Lipinski definition) is 0. The van der Waals surface area contributed by atoms with E-state index in [1.807, 2.05) is 18.2 Å². The molecular weight excluding hydrogens is 256 g/mol. The summed E-state index contributed by atoms with van der Waals surface area (Å²) in [5, 5.41) is 0. The van der Waals surface area contributed by atoms with Gasteiger partial charge in [-0.3, -0.25) is 0 Å². The van der Waals surface area contributed by atoms with Gasteiger partial charge in [0.15, 0.2) is 0 Å². The van der Waals surface area contributed by atoms with Crippen LogP contribution in [0.3, 0.4) is 0 Å². The normalized spacial score (nSPS) is 11.5. The third-order valence-electron chi connectivity index (χ3n) is 3.08. The smallest absolute Gasteiger partial charge is 0.377 e. The van der Waals surface area contributed by atoms with E-state index < -0.39 is 8.80 Å². The lowest BCUT2D eigenvalue weighted by atomic mass is 10.1. The molecule has 0 fully saturated rings. The molecule has 0 N–H and O–H groups in total. The maximum absolute atomic E-state index is 5.91. The summed E-state index contributed by atoms with van der Waals surface area (Å²) in [4.78, 5) is 0. The van der Waals surface area contributed by atoms with E-state index in [0.717, 1.165) is 24.4 Å². The molecule has 1 aromatic rings. The SMILES string of the molecule is C=Cc1cccc(CCO[Si](CCC)(OC)OC)c1. The minimum absolute atomic E-state index is 0.620. The molecule has 0 aliphatic rings. The highest BCUT2D eigenvalue weighted by atomic mass is 28.4. The molecule has 0 bridgehead atoms. The molecule has 0 aliphatic heterocycles. The van der Waals surface area contributed by atoms with E-state index in [4.69, 9.17) is 13.3 Å². The molecule has 1 rings (SSSR count). The number of rotatable bonds is 9. The molecule has 0 radical (unpaired) electrons. The fourth-order valence-corrected chi connectivity index (χ4v) is 3.96. The number of benzene rings is 1. The van der Waals surface area contributed by atoms with Gasteiger partial charge in [0.1, 0.15) is 0 Å². The Morgan fingerprint density at radius 1 is 1.26 bits per heavy atom. The van der Waals surface area contributed by atoms with Crippen LogP contribution < -0.4 is 0 Å². The maximum Gasteiger partial charge on any atom is 0.500 e. The van der Waals surface area contributed by atoms with Gasteiger partial charge in [-0.15, -0.1) is 0 Å². The zero-order chi connectivity index (χ0) is 14.1. The van der Waals surface area contributed by atoms with Crippen LogP contribution in [0.5, 0.6) is 0 Å². The summed E-state index contributed by atoms with van der Waals surface area (Å²) in [6.07, 6.45) is 3.71. The van der Waals surface area contributed by atoms with E-state index in [9.17, 15) is 0 Å². The van der Waals surface area contributed by atoms with Gasteiger partial charge in [-0.2, -0.15) is 0 Å². The Labute approximate surface area is 117 Å². The van der Waals surface area contributed by atoms with E-state index >= 15 is 0 Å². The van der Waals surface area contributed by atoms with Gasteiger partial charge in [-0.05, 0) is 17.5 Å². The first-order valence-corrected chi connectivity index (χ1v) is 8.58. The lowest BCUT2D eigenvalue weighted by Gasteiger charge is -2.26.